The first-order valence-corrected chi connectivity index (χ1v) is 8.12. The molecule has 0 fully saturated rings. The van der Waals surface area contributed by atoms with Gasteiger partial charge < -0.3 is 5.32 Å². The lowest BCUT2D eigenvalue weighted by atomic mass is 10.0. The molecule has 2 aromatic carbocycles. The summed E-state index contributed by atoms with van der Waals surface area (Å²) in [5, 5.41) is 13.8. The first-order chi connectivity index (χ1) is 11.6. The summed E-state index contributed by atoms with van der Waals surface area (Å²) in [5.74, 6) is -2.55. The highest BCUT2D eigenvalue weighted by molar-refractivity contribution is 7.12. The van der Waals surface area contributed by atoms with Crippen LogP contribution in [-0.2, 0) is 4.79 Å². The molecule has 1 N–H and O–H groups in total. The van der Waals surface area contributed by atoms with Gasteiger partial charge in [-0.1, -0.05) is 36.4 Å². The van der Waals surface area contributed by atoms with Gasteiger partial charge in [0.2, 0.25) is 11.7 Å². The normalized spacial score (nSPS) is 11.7. The number of aromatic nitrogens is 1. The maximum atomic E-state index is 12.5. The number of benzene rings is 2. The van der Waals surface area contributed by atoms with E-state index in [2.05, 4.69) is 10.3 Å². The van der Waals surface area contributed by atoms with Gasteiger partial charge in [0.25, 0.3) is 0 Å². The average molecular weight is 335 g/mol. The van der Waals surface area contributed by atoms with E-state index in [0.717, 1.165) is 22.1 Å². The van der Waals surface area contributed by atoms with E-state index in [1.807, 2.05) is 36.4 Å². The Morgan fingerprint density at radius 3 is 2.67 bits per heavy atom. The third-order valence-corrected chi connectivity index (χ3v) is 4.61. The van der Waals surface area contributed by atoms with Crippen LogP contribution in [0.5, 0.6) is 0 Å². The quantitative estimate of drug-likeness (QED) is 0.583. The van der Waals surface area contributed by atoms with E-state index in [-0.39, 0.29) is 0 Å². The number of anilines is 1. The molecule has 0 radical (unpaired) electrons. The molecule has 5 nitrogen and oxygen atoms in total. The van der Waals surface area contributed by atoms with Crippen molar-refractivity contribution in [2.45, 2.75) is 6.92 Å². The minimum absolute atomic E-state index is 0.342. The zero-order chi connectivity index (χ0) is 17.1. The zero-order valence-corrected chi connectivity index (χ0v) is 13.6. The number of amides is 1. The maximum Gasteiger partial charge on any atom is 0.249 e. The fourth-order valence-electron chi connectivity index (χ4n) is 2.45. The Morgan fingerprint density at radius 1 is 1.21 bits per heavy atom. The highest BCUT2D eigenvalue weighted by Crippen LogP contribution is 2.24. The van der Waals surface area contributed by atoms with Crippen molar-refractivity contribution < 1.29 is 9.59 Å². The van der Waals surface area contributed by atoms with Gasteiger partial charge in [0, 0.05) is 11.1 Å². The number of rotatable bonds is 4. The van der Waals surface area contributed by atoms with Crippen LogP contribution >= 0.6 is 11.3 Å². The Hall–Kier alpha value is -3.04. The van der Waals surface area contributed by atoms with Gasteiger partial charge in [-0.05, 0) is 18.4 Å². The molecular weight excluding hydrogens is 322 g/mol. The highest BCUT2D eigenvalue weighted by atomic mass is 32.1. The SMILES string of the molecule is Cc1ncsc1C(=O)C(C#N)C(=O)Nc1cccc2ccccc12. The molecule has 1 aromatic heterocycles. The van der Waals surface area contributed by atoms with Crippen LogP contribution in [0.2, 0.25) is 0 Å². The Labute approximate surface area is 142 Å². The van der Waals surface area contributed by atoms with Crippen LogP contribution in [-0.4, -0.2) is 16.7 Å². The molecule has 0 aliphatic carbocycles. The van der Waals surface area contributed by atoms with Crippen molar-refractivity contribution in [3.63, 3.8) is 0 Å². The number of aryl methyl sites for hydroxylation is 1. The molecule has 0 bridgehead atoms. The third-order valence-electron chi connectivity index (χ3n) is 3.67. The molecule has 1 heterocycles. The monoisotopic (exact) mass is 335 g/mol. The molecule has 24 heavy (non-hydrogen) atoms. The number of nitrogens with one attached hydrogen (secondary N) is 1. The van der Waals surface area contributed by atoms with Crippen LogP contribution in [0.3, 0.4) is 0 Å². The van der Waals surface area contributed by atoms with E-state index < -0.39 is 17.6 Å². The number of thiazole rings is 1. The van der Waals surface area contributed by atoms with Crippen LogP contribution in [0.25, 0.3) is 10.8 Å². The molecule has 0 saturated carbocycles. The van der Waals surface area contributed by atoms with E-state index in [9.17, 15) is 14.9 Å². The van der Waals surface area contributed by atoms with Crippen LogP contribution in [0.4, 0.5) is 5.69 Å². The number of Topliss-reactive ketones (excluding diaryl/α,β-unsaturated/α-hetero) is 1. The Balaban J connectivity index is 1.89. The van der Waals surface area contributed by atoms with Crippen molar-refractivity contribution in [1.82, 2.24) is 4.98 Å². The van der Waals surface area contributed by atoms with Gasteiger partial charge in [-0.3, -0.25) is 9.59 Å². The lowest BCUT2D eigenvalue weighted by Crippen LogP contribution is -2.28. The number of ketones is 1. The van der Waals surface area contributed by atoms with E-state index in [1.165, 1.54) is 5.51 Å². The number of nitriles is 1. The lowest BCUT2D eigenvalue weighted by molar-refractivity contribution is -0.117. The molecule has 0 aliphatic heterocycles. The van der Waals surface area contributed by atoms with Crippen LogP contribution < -0.4 is 5.32 Å². The number of fused-ring (bicyclic) bond motifs is 1. The minimum Gasteiger partial charge on any atom is -0.324 e. The van der Waals surface area contributed by atoms with Crippen molar-refractivity contribution in [1.29, 1.82) is 5.26 Å². The molecular formula is C18H13N3O2S. The fraction of sp³-hybridized carbons (Fsp3) is 0.111. The Bertz CT molecular complexity index is 966. The number of carbonyl (C=O) groups is 2. The standard InChI is InChI=1S/C18H13N3O2S/c1-11-17(24-10-20-11)16(22)14(9-19)18(23)21-15-8-4-6-12-5-2-3-7-13(12)15/h2-8,10,14H,1H3,(H,21,23). The van der Waals surface area contributed by atoms with Gasteiger partial charge in [0.05, 0.1) is 22.2 Å². The molecule has 6 heteroatoms. The summed E-state index contributed by atoms with van der Waals surface area (Å²) in [6.07, 6.45) is 0. The van der Waals surface area contributed by atoms with Crippen molar-refractivity contribution in [3.05, 3.63) is 58.5 Å². The van der Waals surface area contributed by atoms with Crippen LogP contribution in [0.1, 0.15) is 15.4 Å². The second-order valence-electron chi connectivity index (χ2n) is 5.21. The summed E-state index contributed by atoms with van der Waals surface area (Å²) >= 11 is 1.14. The highest BCUT2D eigenvalue weighted by Gasteiger charge is 2.30. The Kier molecular flexibility index (Phi) is 4.36. The summed E-state index contributed by atoms with van der Waals surface area (Å²) in [5.41, 5.74) is 2.63. The smallest absolute Gasteiger partial charge is 0.249 e. The summed E-state index contributed by atoms with van der Waals surface area (Å²) in [7, 11) is 0. The average Bonchev–Trinajstić information content (AvgIpc) is 3.02. The van der Waals surface area contributed by atoms with E-state index in [0.29, 0.717) is 16.3 Å². The lowest BCUT2D eigenvalue weighted by Gasteiger charge is -2.11. The number of hydrogen-bond donors (Lipinski definition) is 1. The molecule has 118 valence electrons. The molecule has 0 saturated heterocycles. The van der Waals surface area contributed by atoms with Crippen molar-refractivity contribution >= 4 is 39.5 Å². The van der Waals surface area contributed by atoms with Gasteiger partial charge in [-0.2, -0.15) is 5.26 Å². The summed E-state index contributed by atoms with van der Waals surface area (Å²) < 4.78 is 0. The molecule has 3 rings (SSSR count). The molecule has 0 aliphatic rings. The van der Waals surface area contributed by atoms with E-state index in [1.54, 1.807) is 19.1 Å². The van der Waals surface area contributed by atoms with Crippen molar-refractivity contribution in [3.8, 4) is 6.07 Å². The summed E-state index contributed by atoms with van der Waals surface area (Å²) in [4.78, 5) is 29.2. The second-order valence-corrected chi connectivity index (χ2v) is 6.06. The zero-order valence-electron chi connectivity index (χ0n) is 12.8. The molecule has 1 amide bonds. The first kappa shape index (κ1) is 15.8. The van der Waals surface area contributed by atoms with E-state index in [4.69, 9.17) is 0 Å². The molecule has 0 spiro atoms. The predicted molar refractivity (Wildman–Crippen MR) is 92.9 cm³/mol. The molecule has 1 atom stereocenters. The predicted octanol–water partition coefficient (Wildman–Crippen LogP) is 3.57. The largest absolute Gasteiger partial charge is 0.324 e. The molecule has 3 aromatic rings. The van der Waals surface area contributed by atoms with Gasteiger partial charge in [-0.25, -0.2) is 4.98 Å². The van der Waals surface area contributed by atoms with Crippen molar-refractivity contribution in [2.24, 2.45) is 5.92 Å². The number of carbonyl (C=O) groups excluding carboxylic acids is 2. The maximum absolute atomic E-state index is 12.5. The minimum atomic E-state index is -1.40. The van der Waals surface area contributed by atoms with Crippen LogP contribution in [0, 0.1) is 24.2 Å². The fourth-order valence-corrected chi connectivity index (χ4v) is 3.22. The van der Waals surface area contributed by atoms with Gasteiger partial charge >= 0.3 is 0 Å². The van der Waals surface area contributed by atoms with Gasteiger partial charge in [0.15, 0.2) is 5.92 Å². The van der Waals surface area contributed by atoms with Gasteiger partial charge in [-0.15, -0.1) is 11.3 Å². The Morgan fingerprint density at radius 2 is 1.96 bits per heavy atom. The topological polar surface area (TPSA) is 82.8 Å². The molecule has 1 unspecified atom stereocenters. The second kappa shape index (κ2) is 6.60. The number of nitrogens with zero attached hydrogens (tertiary/aromatic N) is 2. The van der Waals surface area contributed by atoms with Crippen LogP contribution in [0.15, 0.2) is 48.0 Å². The van der Waals surface area contributed by atoms with Gasteiger partial charge in [0.1, 0.15) is 0 Å². The third kappa shape index (κ3) is 2.90. The van der Waals surface area contributed by atoms with E-state index >= 15 is 0 Å². The number of hydrogen-bond acceptors (Lipinski definition) is 5. The summed E-state index contributed by atoms with van der Waals surface area (Å²) in [6, 6.07) is 14.9. The van der Waals surface area contributed by atoms with Crippen molar-refractivity contribution in [2.75, 3.05) is 5.32 Å². The first-order valence-electron chi connectivity index (χ1n) is 7.24. The summed E-state index contributed by atoms with van der Waals surface area (Å²) in [6.45, 7) is 1.68.